The van der Waals surface area contributed by atoms with Gasteiger partial charge in [0, 0.05) is 36.8 Å². The number of methoxy groups -OCH3 is 1. The molecular formula is C13H19NO2S. The number of ether oxygens (including phenoxy) is 1. The van der Waals surface area contributed by atoms with Crippen LogP contribution in [-0.2, 0) is 4.74 Å². The lowest BCUT2D eigenvalue weighted by atomic mass is 10.0. The average molecular weight is 253 g/mol. The Morgan fingerprint density at radius 3 is 3.18 bits per heavy atom. The topological polar surface area (TPSA) is 41.5 Å². The van der Waals surface area contributed by atoms with E-state index in [2.05, 4.69) is 29.6 Å². The van der Waals surface area contributed by atoms with Crippen LogP contribution in [0.15, 0.2) is 29.2 Å². The van der Waals surface area contributed by atoms with Crippen molar-refractivity contribution in [2.45, 2.75) is 16.9 Å². The molecule has 0 bridgehead atoms. The van der Waals surface area contributed by atoms with E-state index in [4.69, 9.17) is 4.74 Å². The summed E-state index contributed by atoms with van der Waals surface area (Å²) < 4.78 is 4.89. The zero-order valence-corrected chi connectivity index (χ0v) is 10.9. The molecule has 0 spiro atoms. The maximum Gasteiger partial charge on any atom is 0.0897 e. The molecule has 0 saturated heterocycles. The SMILES string of the molecule is COCC(O)CNCC1CSc2ccccc21. The van der Waals surface area contributed by atoms with Gasteiger partial charge < -0.3 is 15.2 Å². The van der Waals surface area contributed by atoms with Gasteiger partial charge in [-0.3, -0.25) is 0 Å². The van der Waals surface area contributed by atoms with Gasteiger partial charge in [0.15, 0.2) is 0 Å². The zero-order chi connectivity index (χ0) is 12.1. The molecule has 0 saturated carbocycles. The van der Waals surface area contributed by atoms with Gasteiger partial charge in [-0.15, -0.1) is 11.8 Å². The lowest BCUT2D eigenvalue weighted by molar-refractivity contribution is 0.0645. The molecular weight excluding hydrogens is 234 g/mol. The Bertz CT molecular complexity index is 359. The lowest BCUT2D eigenvalue weighted by Gasteiger charge is -2.14. The van der Waals surface area contributed by atoms with Crippen LogP contribution in [0.3, 0.4) is 0 Å². The molecule has 2 N–H and O–H groups in total. The largest absolute Gasteiger partial charge is 0.389 e. The fraction of sp³-hybridized carbons (Fsp3) is 0.538. The maximum absolute atomic E-state index is 9.53. The lowest BCUT2D eigenvalue weighted by Crippen LogP contribution is -2.32. The molecule has 94 valence electrons. The quantitative estimate of drug-likeness (QED) is 0.805. The minimum absolute atomic E-state index is 0.392. The van der Waals surface area contributed by atoms with E-state index in [0.29, 0.717) is 19.1 Å². The molecule has 1 aliphatic heterocycles. The molecule has 0 fully saturated rings. The summed E-state index contributed by atoms with van der Waals surface area (Å²) >= 11 is 1.92. The van der Waals surface area contributed by atoms with Gasteiger partial charge in [-0.05, 0) is 11.6 Å². The summed E-state index contributed by atoms with van der Waals surface area (Å²) in [7, 11) is 1.60. The first-order valence-corrected chi connectivity index (χ1v) is 6.89. The number of hydrogen-bond acceptors (Lipinski definition) is 4. The summed E-state index contributed by atoms with van der Waals surface area (Å²) in [5.41, 5.74) is 1.44. The third-order valence-corrected chi connectivity index (χ3v) is 4.18. The van der Waals surface area contributed by atoms with Crippen LogP contribution in [-0.4, -0.2) is 43.8 Å². The van der Waals surface area contributed by atoms with Crippen molar-refractivity contribution in [3.63, 3.8) is 0 Å². The minimum Gasteiger partial charge on any atom is -0.389 e. The van der Waals surface area contributed by atoms with Crippen molar-refractivity contribution in [1.82, 2.24) is 5.32 Å². The van der Waals surface area contributed by atoms with Gasteiger partial charge in [0.25, 0.3) is 0 Å². The van der Waals surface area contributed by atoms with E-state index in [9.17, 15) is 5.11 Å². The van der Waals surface area contributed by atoms with Gasteiger partial charge in [0.2, 0.25) is 0 Å². The number of fused-ring (bicyclic) bond motifs is 1. The van der Waals surface area contributed by atoms with Crippen LogP contribution in [0.5, 0.6) is 0 Å². The highest BCUT2D eigenvalue weighted by Gasteiger charge is 2.22. The molecule has 1 aromatic rings. The Balaban J connectivity index is 1.78. The van der Waals surface area contributed by atoms with Crippen LogP contribution >= 0.6 is 11.8 Å². The molecule has 17 heavy (non-hydrogen) atoms. The highest BCUT2D eigenvalue weighted by molar-refractivity contribution is 7.99. The molecule has 0 radical (unpaired) electrons. The second-order valence-electron chi connectivity index (χ2n) is 4.31. The highest BCUT2D eigenvalue weighted by atomic mass is 32.2. The van der Waals surface area contributed by atoms with E-state index in [1.165, 1.54) is 10.5 Å². The molecule has 1 heterocycles. The molecule has 2 unspecified atom stereocenters. The Morgan fingerprint density at radius 2 is 2.35 bits per heavy atom. The first-order chi connectivity index (χ1) is 8.31. The fourth-order valence-electron chi connectivity index (χ4n) is 2.07. The Hall–Kier alpha value is -0.550. The van der Waals surface area contributed by atoms with Crippen molar-refractivity contribution >= 4 is 11.8 Å². The van der Waals surface area contributed by atoms with Crippen LogP contribution in [0.1, 0.15) is 11.5 Å². The van der Waals surface area contributed by atoms with E-state index < -0.39 is 6.10 Å². The Morgan fingerprint density at radius 1 is 1.53 bits per heavy atom. The van der Waals surface area contributed by atoms with Crippen molar-refractivity contribution in [3.8, 4) is 0 Å². The molecule has 3 nitrogen and oxygen atoms in total. The number of benzene rings is 1. The van der Waals surface area contributed by atoms with Gasteiger partial charge in [0.05, 0.1) is 12.7 Å². The van der Waals surface area contributed by atoms with E-state index in [-0.39, 0.29) is 0 Å². The summed E-state index contributed by atoms with van der Waals surface area (Å²) in [5.74, 6) is 1.69. The van der Waals surface area contributed by atoms with Gasteiger partial charge in [0.1, 0.15) is 0 Å². The van der Waals surface area contributed by atoms with E-state index in [1.807, 2.05) is 11.8 Å². The standard InChI is InChI=1S/C13H19NO2S/c1-16-8-11(15)7-14-6-10-9-17-13-5-3-2-4-12(10)13/h2-5,10-11,14-15H,6-9H2,1H3. The third-order valence-electron chi connectivity index (χ3n) is 2.93. The molecule has 0 aromatic heterocycles. The average Bonchev–Trinajstić information content (AvgIpc) is 2.73. The van der Waals surface area contributed by atoms with Gasteiger partial charge >= 0.3 is 0 Å². The smallest absolute Gasteiger partial charge is 0.0897 e. The van der Waals surface area contributed by atoms with Crippen molar-refractivity contribution in [1.29, 1.82) is 0 Å². The summed E-state index contributed by atoms with van der Waals surface area (Å²) in [5, 5.41) is 12.8. The summed E-state index contributed by atoms with van der Waals surface area (Å²) in [4.78, 5) is 1.40. The van der Waals surface area contributed by atoms with Gasteiger partial charge in [-0.1, -0.05) is 18.2 Å². The van der Waals surface area contributed by atoms with Crippen LogP contribution in [0.2, 0.25) is 0 Å². The number of aliphatic hydroxyl groups is 1. The molecule has 0 amide bonds. The van der Waals surface area contributed by atoms with Crippen molar-refractivity contribution in [3.05, 3.63) is 29.8 Å². The van der Waals surface area contributed by atoms with E-state index >= 15 is 0 Å². The number of aliphatic hydroxyl groups excluding tert-OH is 1. The fourth-order valence-corrected chi connectivity index (χ4v) is 3.33. The molecule has 1 aromatic carbocycles. The summed E-state index contributed by atoms with van der Waals surface area (Å²) in [6, 6.07) is 8.56. The monoisotopic (exact) mass is 253 g/mol. The predicted octanol–water partition coefficient (Wildman–Crippen LogP) is 1.47. The van der Waals surface area contributed by atoms with Crippen molar-refractivity contribution in [2.24, 2.45) is 0 Å². The maximum atomic E-state index is 9.53. The second-order valence-corrected chi connectivity index (χ2v) is 5.38. The van der Waals surface area contributed by atoms with Gasteiger partial charge in [-0.25, -0.2) is 0 Å². The number of nitrogens with one attached hydrogen (secondary N) is 1. The van der Waals surface area contributed by atoms with E-state index in [0.717, 1.165) is 12.3 Å². The number of hydrogen-bond donors (Lipinski definition) is 2. The van der Waals surface area contributed by atoms with Gasteiger partial charge in [-0.2, -0.15) is 0 Å². The molecule has 2 rings (SSSR count). The van der Waals surface area contributed by atoms with Crippen LogP contribution in [0.25, 0.3) is 0 Å². The molecule has 1 aliphatic rings. The predicted molar refractivity (Wildman–Crippen MR) is 70.7 cm³/mol. The first-order valence-electron chi connectivity index (χ1n) is 5.90. The second kappa shape index (κ2) is 6.40. The third kappa shape index (κ3) is 3.45. The summed E-state index contributed by atoms with van der Waals surface area (Å²) in [6.07, 6.45) is -0.413. The molecule has 4 heteroatoms. The Kier molecular flexibility index (Phi) is 4.86. The van der Waals surface area contributed by atoms with E-state index in [1.54, 1.807) is 7.11 Å². The highest BCUT2D eigenvalue weighted by Crippen LogP contribution is 2.38. The number of rotatable bonds is 6. The van der Waals surface area contributed by atoms with Crippen molar-refractivity contribution < 1.29 is 9.84 Å². The number of thioether (sulfide) groups is 1. The zero-order valence-electron chi connectivity index (χ0n) is 10.1. The van der Waals surface area contributed by atoms with Crippen molar-refractivity contribution in [2.75, 3.05) is 32.6 Å². The normalized spacial score (nSPS) is 20.2. The first kappa shape index (κ1) is 12.9. The van der Waals surface area contributed by atoms with Crippen LogP contribution in [0.4, 0.5) is 0 Å². The van der Waals surface area contributed by atoms with Crippen LogP contribution < -0.4 is 5.32 Å². The Labute approximate surface area is 107 Å². The summed E-state index contributed by atoms with van der Waals surface area (Å²) in [6.45, 7) is 1.91. The minimum atomic E-state index is -0.413. The van der Waals surface area contributed by atoms with Crippen LogP contribution in [0, 0.1) is 0 Å². The molecule has 0 aliphatic carbocycles. The molecule has 2 atom stereocenters.